The Balaban J connectivity index is 1.98. The van der Waals surface area contributed by atoms with Gasteiger partial charge in [-0.1, -0.05) is 53.2 Å². The van der Waals surface area contributed by atoms with Crippen molar-refractivity contribution in [3.05, 3.63) is 82.7 Å². The predicted octanol–water partition coefficient (Wildman–Crippen LogP) is 4.35. The van der Waals surface area contributed by atoms with Gasteiger partial charge in [0.05, 0.1) is 38.1 Å². The highest BCUT2D eigenvalue weighted by molar-refractivity contribution is 6.14. The van der Waals surface area contributed by atoms with Crippen LogP contribution in [0.1, 0.15) is 27.3 Å². The molecule has 0 unspecified atom stereocenters. The van der Waals surface area contributed by atoms with E-state index in [0.29, 0.717) is 16.5 Å². The topological polar surface area (TPSA) is 103 Å². The first-order valence-corrected chi connectivity index (χ1v) is 10.5. The molecule has 0 atom stereocenters. The number of carbonyl (C=O) groups excluding carboxylic acids is 2. The first-order valence-electron chi connectivity index (χ1n) is 10.5. The summed E-state index contributed by atoms with van der Waals surface area (Å²) >= 11 is 0. The smallest absolute Gasteiger partial charge is 0.356 e. The normalized spacial score (nSPS) is 11.9. The number of pyridine rings is 1. The molecule has 34 heavy (non-hydrogen) atoms. The number of benzene rings is 2. The minimum atomic E-state index is -0.610. The highest BCUT2D eigenvalue weighted by atomic mass is 16.5. The van der Waals surface area contributed by atoms with Crippen LogP contribution in [-0.4, -0.2) is 47.1 Å². The monoisotopic (exact) mass is 457 g/mol. The van der Waals surface area contributed by atoms with E-state index < -0.39 is 11.9 Å². The van der Waals surface area contributed by atoms with Gasteiger partial charge < -0.3 is 19.2 Å². The maximum atomic E-state index is 12.7. The third-order valence-corrected chi connectivity index (χ3v) is 5.54. The molecule has 0 radical (unpaired) electrons. The number of aromatic nitrogens is 2. The highest BCUT2D eigenvalue weighted by Gasteiger charge is 2.21. The molecule has 8 nitrogen and oxygen atoms in total. The van der Waals surface area contributed by atoms with Gasteiger partial charge in [0.2, 0.25) is 0 Å². The fourth-order valence-corrected chi connectivity index (χ4v) is 3.96. The standard InChI is InChI=1S/C26H23N3O5/c1-16-8-10-17(11-9-16)12-18(25(30)33-2)15-29-23-7-5-4-6-19(23)20-13-21(26(31)34-3)28-22(14-27-32)24(20)29/h4-14,32H,15H2,1-3H3/b18-12+,27-14+. The molecule has 0 saturated heterocycles. The predicted molar refractivity (Wildman–Crippen MR) is 129 cm³/mol. The minimum absolute atomic E-state index is 0.0798. The van der Waals surface area contributed by atoms with Crippen LogP contribution in [0.5, 0.6) is 0 Å². The van der Waals surface area contributed by atoms with E-state index in [2.05, 4.69) is 10.1 Å². The first-order chi connectivity index (χ1) is 16.5. The number of oxime groups is 1. The van der Waals surface area contributed by atoms with Crippen molar-refractivity contribution in [3.8, 4) is 0 Å². The highest BCUT2D eigenvalue weighted by Crippen LogP contribution is 2.32. The molecule has 0 aliphatic carbocycles. The van der Waals surface area contributed by atoms with E-state index in [1.165, 1.54) is 14.2 Å². The van der Waals surface area contributed by atoms with Gasteiger partial charge in [-0.2, -0.15) is 0 Å². The van der Waals surface area contributed by atoms with Crippen LogP contribution in [0, 0.1) is 6.92 Å². The fraction of sp³-hybridized carbons (Fsp3) is 0.154. The Morgan fingerprint density at radius 1 is 1.06 bits per heavy atom. The molecule has 8 heteroatoms. The Kier molecular flexibility index (Phi) is 6.40. The van der Waals surface area contributed by atoms with Crippen molar-refractivity contribution in [2.75, 3.05) is 14.2 Å². The van der Waals surface area contributed by atoms with Crippen molar-refractivity contribution in [3.63, 3.8) is 0 Å². The molecule has 2 heterocycles. The van der Waals surface area contributed by atoms with Gasteiger partial charge in [0.25, 0.3) is 0 Å². The number of methoxy groups -OCH3 is 2. The lowest BCUT2D eigenvalue weighted by Crippen LogP contribution is -2.13. The van der Waals surface area contributed by atoms with Gasteiger partial charge in [-0.25, -0.2) is 14.6 Å². The van der Waals surface area contributed by atoms with Gasteiger partial charge in [0.15, 0.2) is 0 Å². The van der Waals surface area contributed by atoms with E-state index >= 15 is 0 Å². The first kappa shape index (κ1) is 22.7. The Labute approximate surface area is 195 Å². The zero-order chi connectivity index (χ0) is 24.2. The molecular weight excluding hydrogens is 434 g/mol. The number of hydrogen-bond donors (Lipinski definition) is 1. The molecule has 2 aromatic carbocycles. The van der Waals surface area contributed by atoms with Crippen molar-refractivity contribution < 1.29 is 24.3 Å². The van der Waals surface area contributed by atoms with Gasteiger partial charge in [0, 0.05) is 16.3 Å². The zero-order valence-corrected chi connectivity index (χ0v) is 19.0. The van der Waals surface area contributed by atoms with Crippen molar-refractivity contribution in [1.82, 2.24) is 9.55 Å². The molecule has 0 saturated carbocycles. The van der Waals surface area contributed by atoms with Gasteiger partial charge in [-0.15, -0.1) is 0 Å². The van der Waals surface area contributed by atoms with Gasteiger partial charge in [-0.3, -0.25) is 0 Å². The lowest BCUT2D eigenvalue weighted by molar-refractivity contribution is -0.136. The van der Waals surface area contributed by atoms with Crippen LogP contribution < -0.4 is 0 Å². The third-order valence-electron chi connectivity index (χ3n) is 5.54. The van der Waals surface area contributed by atoms with Crippen molar-refractivity contribution in [1.29, 1.82) is 0 Å². The Morgan fingerprint density at radius 3 is 2.47 bits per heavy atom. The number of fused-ring (bicyclic) bond motifs is 3. The third kappa shape index (κ3) is 4.25. The van der Waals surface area contributed by atoms with Crippen LogP contribution in [0.25, 0.3) is 27.9 Å². The number of nitrogens with zero attached hydrogens (tertiary/aromatic N) is 3. The average molecular weight is 457 g/mol. The second kappa shape index (κ2) is 9.58. The molecule has 0 fully saturated rings. The summed E-state index contributed by atoms with van der Waals surface area (Å²) in [5.74, 6) is -1.08. The van der Waals surface area contributed by atoms with E-state index in [1.54, 1.807) is 12.1 Å². The van der Waals surface area contributed by atoms with E-state index in [1.807, 2.05) is 60.0 Å². The molecule has 0 aliphatic heterocycles. The number of aryl methyl sites for hydroxylation is 1. The summed E-state index contributed by atoms with van der Waals surface area (Å²) in [5, 5.41) is 14.0. The largest absolute Gasteiger partial charge is 0.466 e. The van der Waals surface area contributed by atoms with Crippen LogP contribution in [0.15, 0.2) is 65.3 Å². The van der Waals surface area contributed by atoms with Crippen molar-refractivity contribution >= 4 is 46.0 Å². The number of esters is 2. The van der Waals surface area contributed by atoms with Gasteiger partial charge >= 0.3 is 11.9 Å². The van der Waals surface area contributed by atoms with Crippen LogP contribution in [0.4, 0.5) is 0 Å². The number of rotatable bonds is 6. The van der Waals surface area contributed by atoms with Crippen molar-refractivity contribution in [2.45, 2.75) is 13.5 Å². The lowest BCUT2D eigenvalue weighted by Gasteiger charge is -2.12. The second-order valence-electron chi connectivity index (χ2n) is 7.70. The van der Waals surface area contributed by atoms with Gasteiger partial charge in [-0.05, 0) is 30.7 Å². The summed E-state index contributed by atoms with van der Waals surface area (Å²) in [4.78, 5) is 29.3. The zero-order valence-electron chi connectivity index (χ0n) is 19.0. The van der Waals surface area contributed by atoms with Crippen LogP contribution in [0.3, 0.4) is 0 Å². The summed E-state index contributed by atoms with van der Waals surface area (Å²) in [6.07, 6.45) is 2.94. The number of ether oxygens (including phenoxy) is 2. The molecule has 0 spiro atoms. The lowest BCUT2D eigenvalue weighted by atomic mass is 10.1. The SMILES string of the molecule is COC(=O)/C(=C/c1ccc(C)cc1)Cn1c2ccccc2c2cc(C(=O)OC)nc(/C=N/O)c21. The number of para-hydroxylation sites is 1. The van der Waals surface area contributed by atoms with E-state index in [0.717, 1.165) is 28.2 Å². The summed E-state index contributed by atoms with van der Waals surface area (Å²) in [6, 6.07) is 17.0. The molecular formula is C26H23N3O5. The van der Waals surface area contributed by atoms with Crippen LogP contribution in [0.2, 0.25) is 0 Å². The molecule has 4 rings (SSSR count). The molecule has 172 valence electrons. The molecule has 0 aliphatic rings. The molecule has 0 amide bonds. The van der Waals surface area contributed by atoms with E-state index in [-0.39, 0.29) is 17.9 Å². The Hall–Kier alpha value is -4.46. The van der Waals surface area contributed by atoms with Crippen molar-refractivity contribution in [2.24, 2.45) is 5.16 Å². The molecule has 0 bridgehead atoms. The maximum Gasteiger partial charge on any atom is 0.356 e. The van der Waals surface area contributed by atoms with E-state index in [4.69, 9.17) is 9.47 Å². The Morgan fingerprint density at radius 2 is 1.79 bits per heavy atom. The van der Waals surface area contributed by atoms with E-state index in [9.17, 15) is 14.8 Å². The molecule has 2 aromatic heterocycles. The number of hydrogen-bond acceptors (Lipinski definition) is 7. The Bertz CT molecular complexity index is 1450. The molecule has 1 N–H and O–H groups in total. The summed E-state index contributed by atoms with van der Waals surface area (Å²) in [6.45, 7) is 2.16. The maximum absolute atomic E-state index is 12.7. The summed E-state index contributed by atoms with van der Waals surface area (Å²) < 4.78 is 11.8. The minimum Gasteiger partial charge on any atom is -0.466 e. The quantitative estimate of drug-likeness (QED) is 0.152. The van der Waals surface area contributed by atoms with Crippen LogP contribution >= 0.6 is 0 Å². The fourth-order valence-electron chi connectivity index (χ4n) is 3.96. The van der Waals surface area contributed by atoms with Gasteiger partial charge in [0.1, 0.15) is 11.4 Å². The molecule has 4 aromatic rings. The van der Waals surface area contributed by atoms with Crippen LogP contribution in [-0.2, 0) is 20.8 Å². The summed E-state index contributed by atoms with van der Waals surface area (Å²) in [7, 11) is 2.61. The second-order valence-corrected chi connectivity index (χ2v) is 7.70. The average Bonchev–Trinajstić information content (AvgIpc) is 3.17. The summed E-state index contributed by atoms with van der Waals surface area (Å²) in [5.41, 5.74) is 4.14. The number of carbonyl (C=O) groups is 2.